The van der Waals surface area contributed by atoms with E-state index in [2.05, 4.69) is 36.1 Å². The molecule has 0 aliphatic rings. The number of aryl methyl sites for hydroxylation is 2. The van der Waals surface area contributed by atoms with Crippen molar-refractivity contribution in [1.82, 2.24) is 19.7 Å². The van der Waals surface area contributed by atoms with Crippen LogP contribution in [0, 0.1) is 13.8 Å². The molecule has 4 rings (SSSR count). The highest BCUT2D eigenvalue weighted by atomic mass is 32.1. The maximum Gasteiger partial charge on any atom is 0.280 e. The number of aromatic nitrogens is 4. The van der Waals surface area contributed by atoms with Gasteiger partial charge < -0.3 is 0 Å². The van der Waals surface area contributed by atoms with Gasteiger partial charge in [-0.1, -0.05) is 17.4 Å². The molecule has 6 nitrogen and oxygen atoms in total. The fraction of sp³-hybridized carbons (Fsp3) is 0.273. The molecule has 0 aliphatic carbocycles. The van der Waals surface area contributed by atoms with Gasteiger partial charge in [0.25, 0.3) is 5.91 Å². The third-order valence-corrected chi connectivity index (χ3v) is 5.91. The molecule has 0 bridgehead atoms. The molecule has 148 valence electrons. The minimum atomic E-state index is -0.178. The number of hydrogen-bond donors (Lipinski definition) is 0. The molecule has 29 heavy (non-hydrogen) atoms. The van der Waals surface area contributed by atoms with Crippen molar-refractivity contribution in [3.8, 4) is 0 Å². The van der Waals surface area contributed by atoms with Gasteiger partial charge in [0, 0.05) is 18.4 Å². The van der Waals surface area contributed by atoms with E-state index in [0.29, 0.717) is 17.4 Å². The predicted molar refractivity (Wildman–Crippen MR) is 116 cm³/mol. The predicted octanol–water partition coefficient (Wildman–Crippen LogP) is 4.93. The lowest BCUT2D eigenvalue weighted by molar-refractivity contribution is 0.0979. The number of benzene rings is 1. The summed E-state index contributed by atoms with van der Waals surface area (Å²) < 4.78 is 2.85. The van der Waals surface area contributed by atoms with E-state index in [0.717, 1.165) is 15.9 Å². The lowest BCUT2D eigenvalue weighted by Crippen LogP contribution is -2.31. The molecular formula is C22H23N5OS. The van der Waals surface area contributed by atoms with Crippen LogP contribution in [0.3, 0.4) is 0 Å². The molecule has 0 saturated carbocycles. The van der Waals surface area contributed by atoms with E-state index in [4.69, 9.17) is 4.98 Å². The van der Waals surface area contributed by atoms with Crippen LogP contribution in [-0.4, -0.2) is 25.7 Å². The lowest BCUT2D eigenvalue weighted by Gasteiger charge is -2.18. The minimum Gasteiger partial charge on any atom is -0.276 e. The molecule has 0 unspecified atom stereocenters. The summed E-state index contributed by atoms with van der Waals surface area (Å²) in [5.74, 6) is -0.178. The Labute approximate surface area is 173 Å². The van der Waals surface area contributed by atoms with Crippen molar-refractivity contribution in [1.29, 1.82) is 0 Å². The number of hydrogen-bond acceptors (Lipinski definition) is 5. The topological polar surface area (TPSA) is 63.9 Å². The molecule has 0 radical (unpaired) electrons. The van der Waals surface area contributed by atoms with Gasteiger partial charge in [-0.15, -0.1) is 0 Å². The van der Waals surface area contributed by atoms with E-state index in [-0.39, 0.29) is 11.9 Å². The molecule has 0 aliphatic heterocycles. The lowest BCUT2D eigenvalue weighted by atomic mass is 10.1. The number of carbonyl (C=O) groups excluding carboxylic acids is 1. The molecule has 1 amide bonds. The van der Waals surface area contributed by atoms with Gasteiger partial charge in [-0.2, -0.15) is 5.10 Å². The Morgan fingerprint density at radius 2 is 1.97 bits per heavy atom. The maximum atomic E-state index is 13.4. The van der Waals surface area contributed by atoms with Gasteiger partial charge in [-0.25, -0.2) is 4.98 Å². The quantitative estimate of drug-likeness (QED) is 0.472. The summed E-state index contributed by atoms with van der Waals surface area (Å²) in [6.07, 6.45) is 3.57. The van der Waals surface area contributed by atoms with Crippen molar-refractivity contribution in [2.24, 2.45) is 0 Å². The Kier molecular flexibility index (Phi) is 5.15. The van der Waals surface area contributed by atoms with Crippen LogP contribution in [0.15, 0.2) is 48.8 Å². The van der Waals surface area contributed by atoms with Gasteiger partial charge in [0.1, 0.15) is 0 Å². The first kappa shape index (κ1) is 19.3. The molecule has 0 saturated heterocycles. The molecule has 3 heterocycles. The molecule has 0 atom stereocenters. The fourth-order valence-corrected chi connectivity index (χ4v) is 4.08. The van der Waals surface area contributed by atoms with Crippen molar-refractivity contribution < 1.29 is 4.79 Å². The number of thiazole rings is 1. The Bertz CT molecular complexity index is 1120. The van der Waals surface area contributed by atoms with Gasteiger partial charge in [-0.3, -0.25) is 19.4 Å². The van der Waals surface area contributed by atoms with Crippen LogP contribution in [0.5, 0.6) is 0 Å². The van der Waals surface area contributed by atoms with E-state index in [1.165, 1.54) is 22.5 Å². The average Bonchev–Trinajstić information content (AvgIpc) is 3.34. The van der Waals surface area contributed by atoms with E-state index < -0.39 is 0 Å². The second-order valence-corrected chi connectivity index (χ2v) is 8.40. The zero-order valence-electron chi connectivity index (χ0n) is 17.0. The van der Waals surface area contributed by atoms with Crippen molar-refractivity contribution in [2.75, 3.05) is 4.90 Å². The first-order valence-corrected chi connectivity index (χ1v) is 10.4. The van der Waals surface area contributed by atoms with Crippen LogP contribution in [0.1, 0.15) is 47.2 Å². The van der Waals surface area contributed by atoms with Gasteiger partial charge in [-0.05, 0) is 69.2 Å². The third-order valence-electron chi connectivity index (χ3n) is 4.87. The van der Waals surface area contributed by atoms with E-state index in [1.807, 2.05) is 38.2 Å². The minimum absolute atomic E-state index is 0.178. The van der Waals surface area contributed by atoms with Crippen LogP contribution < -0.4 is 4.90 Å². The number of pyridine rings is 1. The van der Waals surface area contributed by atoms with Crippen LogP contribution in [-0.2, 0) is 6.54 Å². The standard InChI is InChI=1S/C22H23N5OS/c1-14(2)27-10-8-18(25-27)21(28)26(13-17-7-5-6-9-23-17)22-24-19-11-15(3)16(4)12-20(19)29-22/h5-12,14H,13H2,1-4H3. The van der Waals surface area contributed by atoms with Crippen molar-refractivity contribution in [2.45, 2.75) is 40.3 Å². The number of nitrogens with zero attached hydrogens (tertiary/aromatic N) is 5. The Balaban J connectivity index is 1.76. The SMILES string of the molecule is Cc1cc2nc(N(Cc3ccccn3)C(=O)c3ccn(C(C)C)n3)sc2cc1C. The van der Waals surface area contributed by atoms with Crippen molar-refractivity contribution in [3.63, 3.8) is 0 Å². The summed E-state index contributed by atoms with van der Waals surface area (Å²) >= 11 is 1.52. The molecule has 0 N–H and O–H groups in total. The van der Waals surface area contributed by atoms with Crippen LogP contribution in [0.2, 0.25) is 0 Å². The number of fused-ring (bicyclic) bond motifs is 1. The molecule has 7 heteroatoms. The van der Waals surface area contributed by atoms with E-state index in [9.17, 15) is 4.79 Å². The molecule has 0 fully saturated rings. The largest absolute Gasteiger partial charge is 0.280 e. The van der Waals surface area contributed by atoms with Crippen LogP contribution in [0.4, 0.5) is 5.13 Å². The number of anilines is 1. The number of rotatable bonds is 5. The van der Waals surface area contributed by atoms with Gasteiger partial charge in [0.2, 0.25) is 0 Å². The Morgan fingerprint density at radius 3 is 2.66 bits per heavy atom. The van der Waals surface area contributed by atoms with Gasteiger partial charge in [0.05, 0.1) is 22.5 Å². The highest BCUT2D eigenvalue weighted by Gasteiger charge is 2.24. The summed E-state index contributed by atoms with van der Waals surface area (Å²) in [5, 5.41) is 5.11. The average molecular weight is 406 g/mol. The summed E-state index contributed by atoms with van der Waals surface area (Å²) in [6, 6.07) is 11.8. The van der Waals surface area contributed by atoms with E-state index in [1.54, 1.807) is 21.8 Å². The highest BCUT2D eigenvalue weighted by Crippen LogP contribution is 2.32. The second kappa shape index (κ2) is 7.75. The van der Waals surface area contributed by atoms with Crippen molar-refractivity contribution >= 4 is 32.6 Å². The zero-order valence-corrected chi connectivity index (χ0v) is 17.8. The zero-order chi connectivity index (χ0) is 20.5. The van der Waals surface area contributed by atoms with Gasteiger partial charge in [0.15, 0.2) is 10.8 Å². The first-order valence-electron chi connectivity index (χ1n) is 9.57. The maximum absolute atomic E-state index is 13.4. The fourth-order valence-electron chi connectivity index (χ4n) is 3.04. The molecule has 4 aromatic rings. The molecule has 1 aromatic carbocycles. The Hall–Kier alpha value is -3.06. The first-order chi connectivity index (χ1) is 13.9. The summed E-state index contributed by atoms with van der Waals surface area (Å²) in [6.45, 7) is 8.56. The third kappa shape index (κ3) is 3.91. The normalized spacial score (nSPS) is 11.3. The van der Waals surface area contributed by atoms with Crippen LogP contribution in [0.25, 0.3) is 10.2 Å². The second-order valence-electron chi connectivity index (χ2n) is 7.39. The number of amides is 1. The molecular weight excluding hydrogens is 382 g/mol. The summed E-state index contributed by atoms with van der Waals surface area (Å²) in [5.41, 5.74) is 4.51. The van der Waals surface area contributed by atoms with Crippen molar-refractivity contribution in [3.05, 3.63) is 71.3 Å². The smallest absolute Gasteiger partial charge is 0.276 e. The highest BCUT2D eigenvalue weighted by molar-refractivity contribution is 7.22. The summed E-state index contributed by atoms with van der Waals surface area (Å²) in [7, 11) is 0. The Morgan fingerprint density at radius 1 is 1.17 bits per heavy atom. The van der Waals surface area contributed by atoms with E-state index >= 15 is 0 Å². The monoisotopic (exact) mass is 405 g/mol. The summed E-state index contributed by atoms with van der Waals surface area (Å²) in [4.78, 5) is 24.2. The number of carbonyl (C=O) groups is 1. The molecule has 0 spiro atoms. The van der Waals surface area contributed by atoms with Crippen LogP contribution >= 0.6 is 11.3 Å². The molecule has 3 aromatic heterocycles. The van der Waals surface area contributed by atoms with Gasteiger partial charge >= 0.3 is 0 Å².